The van der Waals surface area contributed by atoms with E-state index >= 15 is 0 Å². The van der Waals surface area contributed by atoms with Crippen LogP contribution in [0.15, 0.2) is 27.8 Å². The van der Waals surface area contributed by atoms with Crippen molar-refractivity contribution in [1.82, 2.24) is 9.13 Å². The lowest BCUT2D eigenvalue weighted by Crippen LogP contribution is -2.39. The number of benzene rings is 1. The molecule has 0 aliphatic heterocycles. The number of rotatable bonds is 2. The van der Waals surface area contributed by atoms with Crippen LogP contribution >= 0.6 is 0 Å². The largest absolute Gasteiger partial charge is 0.330 e. The van der Waals surface area contributed by atoms with E-state index in [2.05, 4.69) is 0 Å². The summed E-state index contributed by atoms with van der Waals surface area (Å²) >= 11 is 0. The first-order valence-corrected chi connectivity index (χ1v) is 6.21. The number of hydrogen-bond acceptors (Lipinski definition) is 3. The van der Waals surface area contributed by atoms with Crippen LogP contribution in [-0.4, -0.2) is 15.4 Å². The van der Waals surface area contributed by atoms with Gasteiger partial charge in [-0.15, -0.1) is 0 Å². The summed E-state index contributed by atoms with van der Waals surface area (Å²) in [5.74, 6) is 0. The molecule has 1 aromatic carbocycles. The lowest BCUT2D eigenvalue weighted by Gasteiger charge is -2.14. The molecule has 1 heterocycles. The lowest BCUT2D eigenvalue weighted by atomic mass is 9.98. The minimum atomic E-state index is -0.349. The van der Waals surface area contributed by atoms with Gasteiger partial charge in [0.15, 0.2) is 0 Å². The monoisotopic (exact) mass is 272 g/mol. The molecule has 0 radical (unpaired) electrons. The fourth-order valence-corrected chi connectivity index (χ4v) is 2.30. The zero-order valence-electron chi connectivity index (χ0n) is 11.9. The summed E-state index contributed by atoms with van der Waals surface area (Å²) < 4.78 is 2.54. The molecule has 0 aliphatic rings. The van der Waals surface area contributed by atoms with E-state index in [1.165, 1.54) is 11.6 Å². The minimum Gasteiger partial charge on any atom is -0.300 e. The molecule has 5 heteroatoms. The number of hydrogen-bond donors (Lipinski definition) is 0. The van der Waals surface area contributed by atoms with Crippen LogP contribution in [0.3, 0.4) is 0 Å². The Labute approximate surface area is 116 Å². The van der Waals surface area contributed by atoms with Crippen LogP contribution in [0.1, 0.15) is 21.6 Å². The van der Waals surface area contributed by atoms with Crippen LogP contribution in [0.25, 0.3) is 11.1 Å². The highest BCUT2D eigenvalue weighted by Crippen LogP contribution is 2.23. The molecule has 0 spiro atoms. The van der Waals surface area contributed by atoms with Crippen molar-refractivity contribution in [2.75, 3.05) is 0 Å². The van der Waals surface area contributed by atoms with E-state index in [-0.39, 0.29) is 11.2 Å². The Morgan fingerprint density at radius 3 is 2.25 bits per heavy atom. The van der Waals surface area contributed by atoms with Crippen LogP contribution in [0.2, 0.25) is 0 Å². The second-order valence-corrected chi connectivity index (χ2v) is 4.86. The third-order valence-corrected chi connectivity index (χ3v) is 3.61. The van der Waals surface area contributed by atoms with Crippen molar-refractivity contribution in [3.63, 3.8) is 0 Å². The molecule has 0 bridgehead atoms. The Morgan fingerprint density at radius 2 is 1.70 bits per heavy atom. The summed E-state index contributed by atoms with van der Waals surface area (Å²) in [4.78, 5) is 35.0. The highest BCUT2D eigenvalue weighted by molar-refractivity contribution is 5.78. The zero-order valence-corrected chi connectivity index (χ0v) is 11.9. The number of aryl methyl sites for hydroxylation is 1. The van der Waals surface area contributed by atoms with E-state index in [4.69, 9.17) is 0 Å². The SMILES string of the molecule is Cc1cc(C=O)ccc1-c1c(C)n(C)c(=O)n(C)c1=O. The first-order valence-electron chi connectivity index (χ1n) is 6.21. The van der Waals surface area contributed by atoms with Crippen LogP contribution in [-0.2, 0) is 14.1 Å². The minimum absolute atomic E-state index is 0.326. The molecule has 0 amide bonds. The third-order valence-electron chi connectivity index (χ3n) is 3.61. The topological polar surface area (TPSA) is 61.1 Å². The summed E-state index contributed by atoms with van der Waals surface area (Å²) in [5, 5.41) is 0. The van der Waals surface area contributed by atoms with Crippen LogP contribution < -0.4 is 11.2 Å². The molecule has 20 heavy (non-hydrogen) atoms. The predicted molar refractivity (Wildman–Crippen MR) is 77.2 cm³/mol. The summed E-state index contributed by atoms with van der Waals surface area (Å²) in [6.45, 7) is 3.58. The second kappa shape index (κ2) is 4.92. The molecule has 0 saturated heterocycles. The third kappa shape index (κ3) is 2.01. The molecule has 5 nitrogen and oxygen atoms in total. The van der Waals surface area contributed by atoms with Crippen molar-refractivity contribution in [2.45, 2.75) is 13.8 Å². The van der Waals surface area contributed by atoms with Gasteiger partial charge >= 0.3 is 5.69 Å². The van der Waals surface area contributed by atoms with Gasteiger partial charge in [0.05, 0.1) is 5.56 Å². The van der Waals surface area contributed by atoms with E-state index in [1.54, 1.807) is 32.2 Å². The van der Waals surface area contributed by atoms with E-state index in [9.17, 15) is 14.4 Å². The van der Waals surface area contributed by atoms with Crippen molar-refractivity contribution < 1.29 is 4.79 Å². The highest BCUT2D eigenvalue weighted by Gasteiger charge is 2.15. The molecule has 104 valence electrons. The Hall–Kier alpha value is -2.43. The fourth-order valence-electron chi connectivity index (χ4n) is 2.30. The second-order valence-electron chi connectivity index (χ2n) is 4.86. The lowest BCUT2D eigenvalue weighted by molar-refractivity contribution is 0.112. The van der Waals surface area contributed by atoms with Crippen molar-refractivity contribution in [3.8, 4) is 11.1 Å². The molecular weight excluding hydrogens is 256 g/mol. The van der Waals surface area contributed by atoms with E-state index in [1.807, 2.05) is 6.92 Å². The van der Waals surface area contributed by atoms with Gasteiger partial charge in [-0.2, -0.15) is 0 Å². The molecule has 1 aromatic heterocycles. The molecule has 0 N–H and O–H groups in total. The van der Waals surface area contributed by atoms with Gasteiger partial charge in [-0.05, 0) is 31.0 Å². The van der Waals surface area contributed by atoms with Crippen molar-refractivity contribution >= 4 is 6.29 Å². The van der Waals surface area contributed by atoms with Crippen LogP contribution in [0, 0.1) is 13.8 Å². The molecule has 0 fully saturated rings. The zero-order chi connectivity index (χ0) is 15.0. The molecule has 0 unspecified atom stereocenters. The number of carbonyl (C=O) groups is 1. The van der Waals surface area contributed by atoms with Gasteiger partial charge in [0, 0.05) is 25.4 Å². The normalized spacial score (nSPS) is 10.6. The maximum Gasteiger partial charge on any atom is 0.330 e. The summed E-state index contributed by atoms with van der Waals surface area (Å²) in [7, 11) is 3.10. The first kappa shape index (κ1) is 14.0. The predicted octanol–water partition coefficient (Wildman–Crippen LogP) is 1.18. The van der Waals surface area contributed by atoms with Gasteiger partial charge in [0.2, 0.25) is 0 Å². The smallest absolute Gasteiger partial charge is 0.300 e. The van der Waals surface area contributed by atoms with Gasteiger partial charge in [-0.25, -0.2) is 4.79 Å². The number of aromatic nitrogens is 2. The summed E-state index contributed by atoms with van der Waals surface area (Å²) in [6, 6.07) is 5.14. The quantitative estimate of drug-likeness (QED) is 0.771. The Balaban J connectivity index is 2.87. The van der Waals surface area contributed by atoms with Crippen LogP contribution in [0.5, 0.6) is 0 Å². The fraction of sp³-hybridized carbons (Fsp3) is 0.267. The van der Waals surface area contributed by atoms with Gasteiger partial charge in [0.1, 0.15) is 6.29 Å². The highest BCUT2D eigenvalue weighted by atomic mass is 16.2. The number of nitrogens with zero attached hydrogens (tertiary/aromatic N) is 2. The molecule has 0 atom stereocenters. The van der Waals surface area contributed by atoms with Gasteiger partial charge in [0.25, 0.3) is 5.56 Å². The summed E-state index contributed by atoms with van der Waals surface area (Å²) in [5.41, 5.74) is 2.55. The van der Waals surface area contributed by atoms with Crippen molar-refractivity contribution in [1.29, 1.82) is 0 Å². The van der Waals surface area contributed by atoms with Gasteiger partial charge in [-0.3, -0.25) is 14.2 Å². The van der Waals surface area contributed by atoms with Crippen molar-refractivity contribution in [2.24, 2.45) is 14.1 Å². The maximum atomic E-state index is 12.3. The van der Waals surface area contributed by atoms with Gasteiger partial charge in [-0.1, -0.05) is 12.1 Å². The maximum absolute atomic E-state index is 12.3. The molecular formula is C15H16N2O3. The Bertz CT molecular complexity index is 813. The Kier molecular flexibility index (Phi) is 3.44. The molecule has 2 aromatic rings. The van der Waals surface area contributed by atoms with Crippen molar-refractivity contribution in [3.05, 3.63) is 55.9 Å². The van der Waals surface area contributed by atoms with E-state index in [0.29, 0.717) is 16.8 Å². The molecule has 0 saturated carbocycles. The average Bonchev–Trinajstić information content (AvgIpc) is 2.44. The molecule has 2 rings (SSSR count). The number of carbonyl (C=O) groups excluding carboxylic acids is 1. The Morgan fingerprint density at radius 1 is 1.05 bits per heavy atom. The van der Waals surface area contributed by atoms with Crippen LogP contribution in [0.4, 0.5) is 0 Å². The standard InChI is InChI=1S/C15H16N2O3/c1-9-7-11(8-18)5-6-12(9)13-10(2)16(3)15(20)17(4)14(13)19/h5-8H,1-4H3. The van der Waals surface area contributed by atoms with E-state index in [0.717, 1.165) is 22.0 Å². The first-order chi connectivity index (χ1) is 9.38. The van der Waals surface area contributed by atoms with Gasteiger partial charge < -0.3 is 4.57 Å². The summed E-state index contributed by atoms with van der Waals surface area (Å²) in [6.07, 6.45) is 0.766. The van der Waals surface area contributed by atoms with E-state index < -0.39 is 0 Å². The average molecular weight is 272 g/mol. The molecule has 0 aliphatic carbocycles. The number of aldehydes is 1.